The molecule has 31 heavy (non-hydrogen) atoms. The highest BCUT2D eigenvalue weighted by atomic mass is 16.5. The van der Waals surface area contributed by atoms with Crippen molar-refractivity contribution < 1.29 is 4.74 Å². The van der Waals surface area contributed by atoms with Crippen LogP contribution in [0.25, 0.3) is 0 Å². The van der Waals surface area contributed by atoms with Crippen LogP contribution in [-0.2, 0) is 13.0 Å². The van der Waals surface area contributed by atoms with Crippen LogP contribution in [0.1, 0.15) is 33.9 Å². The summed E-state index contributed by atoms with van der Waals surface area (Å²) in [6, 6.07) is 37.6. The lowest BCUT2D eigenvalue weighted by atomic mass is 9.98. The van der Waals surface area contributed by atoms with E-state index < -0.39 is 0 Å². The van der Waals surface area contributed by atoms with Crippen LogP contribution in [0.2, 0.25) is 0 Å². The molecule has 0 radical (unpaired) electrons. The van der Waals surface area contributed by atoms with E-state index in [-0.39, 0.29) is 6.04 Å². The van der Waals surface area contributed by atoms with E-state index in [1.807, 2.05) is 48.7 Å². The van der Waals surface area contributed by atoms with Gasteiger partial charge in [-0.15, -0.1) is 0 Å². The predicted octanol–water partition coefficient (Wildman–Crippen LogP) is 6.98. The summed E-state index contributed by atoms with van der Waals surface area (Å²) in [4.78, 5) is 4.96. The molecule has 0 aliphatic rings. The van der Waals surface area contributed by atoms with Crippen molar-refractivity contribution in [1.82, 2.24) is 0 Å². The molecule has 0 aromatic heterocycles. The van der Waals surface area contributed by atoms with Gasteiger partial charge >= 0.3 is 0 Å². The molecule has 4 aromatic carbocycles. The normalized spacial score (nSPS) is 12.0. The second-order valence-corrected chi connectivity index (χ2v) is 7.74. The third-order valence-corrected chi connectivity index (χ3v) is 5.24. The van der Waals surface area contributed by atoms with Gasteiger partial charge in [0.1, 0.15) is 12.4 Å². The second kappa shape index (κ2) is 10.4. The molecule has 154 valence electrons. The zero-order valence-electron chi connectivity index (χ0n) is 17.8. The Balaban J connectivity index is 1.49. The molecule has 0 aliphatic heterocycles. The summed E-state index contributed by atoms with van der Waals surface area (Å²) in [6.07, 6.45) is 2.83. The smallest absolute Gasteiger partial charge is 0.120 e. The predicted molar refractivity (Wildman–Crippen MR) is 129 cm³/mol. The molecule has 0 bridgehead atoms. The summed E-state index contributed by atoms with van der Waals surface area (Å²) in [5, 5.41) is 0. The quantitative estimate of drug-likeness (QED) is 0.290. The van der Waals surface area contributed by atoms with Gasteiger partial charge in [-0.25, -0.2) is 0 Å². The minimum Gasteiger partial charge on any atom is -0.489 e. The third kappa shape index (κ3) is 6.16. The van der Waals surface area contributed by atoms with E-state index in [0.717, 1.165) is 23.3 Å². The van der Waals surface area contributed by atoms with E-state index >= 15 is 0 Å². The number of nitrogens with zero attached hydrogens (tertiary/aromatic N) is 1. The Hall–Kier alpha value is -3.65. The molecule has 0 aliphatic carbocycles. The van der Waals surface area contributed by atoms with Crippen LogP contribution in [0.3, 0.4) is 0 Å². The van der Waals surface area contributed by atoms with Crippen LogP contribution in [-0.4, -0.2) is 6.21 Å². The highest BCUT2D eigenvalue weighted by Gasteiger charge is 2.10. The molecule has 0 heterocycles. The third-order valence-electron chi connectivity index (χ3n) is 5.24. The minimum atomic E-state index is 0.0674. The summed E-state index contributed by atoms with van der Waals surface area (Å²) in [5.74, 6) is 0.850. The molecule has 0 spiro atoms. The Morgan fingerprint density at radius 1 is 0.742 bits per heavy atom. The van der Waals surface area contributed by atoms with Crippen molar-refractivity contribution in [1.29, 1.82) is 0 Å². The van der Waals surface area contributed by atoms with Crippen molar-refractivity contribution in [3.8, 4) is 5.75 Å². The Labute approximate surface area is 184 Å². The standard InChI is InChI=1S/C29H27NO/c1-23-15-17-24(18-16-23)20-29(27-12-6-3-7-13-27)30-21-26-11-8-14-28(19-26)31-22-25-9-4-2-5-10-25/h2-19,21,29H,20,22H2,1H3/b30-21-. The van der Waals surface area contributed by atoms with Crippen molar-refractivity contribution in [2.75, 3.05) is 0 Å². The average Bonchev–Trinajstić information content (AvgIpc) is 2.83. The maximum atomic E-state index is 5.97. The summed E-state index contributed by atoms with van der Waals surface area (Å²) in [5.41, 5.74) is 5.97. The fourth-order valence-corrected chi connectivity index (χ4v) is 3.48. The van der Waals surface area contributed by atoms with Gasteiger partial charge in [-0.1, -0.05) is 103 Å². The summed E-state index contributed by atoms with van der Waals surface area (Å²) in [7, 11) is 0. The van der Waals surface area contributed by atoms with Crippen LogP contribution >= 0.6 is 0 Å². The molecule has 0 amide bonds. The van der Waals surface area contributed by atoms with Gasteiger partial charge in [0.15, 0.2) is 0 Å². The van der Waals surface area contributed by atoms with E-state index in [2.05, 4.69) is 73.7 Å². The van der Waals surface area contributed by atoms with E-state index in [9.17, 15) is 0 Å². The molecule has 0 fully saturated rings. The maximum absolute atomic E-state index is 5.97. The van der Waals surface area contributed by atoms with E-state index in [1.54, 1.807) is 0 Å². The summed E-state index contributed by atoms with van der Waals surface area (Å²) in [6.45, 7) is 2.67. The van der Waals surface area contributed by atoms with Gasteiger partial charge in [0, 0.05) is 6.21 Å². The number of ether oxygens (including phenoxy) is 1. The fraction of sp³-hybridized carbons (Fsp3) is 0.138. The summed E-state index contributed by atoms with van der Waals surface area (Å²) >= 11 is 0. The Morgan fingerprint density at radius 2 is 1.45 bits per heavy atom. The van der Waals surface area contributed by atoms with Crippen LogP contribution in [0.4, 0.5) is 0 Å². The SMILES string of the molecule is Cc1ccc(CC(/N=C\c2cccc(OCc3ccccc3)c2)c2ccccc2)cc1. The van der Waals surface area contributed by atoms with E-state index in [0.29, 0.717) is 6.61 Å². The molecule has 1 atom stereocenters. The Bertz CT molecular complexity index is 1100. The number of aliphatic imine (C=N–C) groups is 1. The molecule has 0 N–H and O–H groups in total. The molecule has 2 nitrogen and oxygen atoms in total. The van der Waals surface area contributed by atoms with Gasteiger partial charge in [-0.05, 0) is 47.7 Å². The number of hydrogen-bond acceptors (Lipinski definition) is 2. The van der Waals surface area contributed by atoms with Crippen molar-refractivity contribution >= 4 is 6.21 Å². The first-order chi connectivity index (χ1) is 15.3. The lowest BCUT2D eigenvalue weighted by molar-refractivity contribution is 0.306. The van der Waals surface area contributed by atoms with Crippen LogP contribution in [0.15, 0.2) is 114 Å². The van der Waals surface area contributed by atoms with Gasteiger partial charge in [0.05, 0.1) is 6.04 Å². The zero-order valence-corrected chi connectivity index (χ0v) is 17.8. The molecule has 0 saturated carbocycles. The Kier molecular flexibility index (Phi) is 6.92. The first-order valence-corrected chi connectivity index (χ1v) is 10.7. The van der Waals surface area contributed by atoms with Crippen LogP contribution in [0.5, 0.6) is 5.75 Å². The molecule has 0 saturated heterocycles. The molecule has 2 heteroatoms. The van der Waals surface area contributed by atoms with Gasteiger partial charge in [0.25, 0.3) is 0 Å². The number of benzene rings is 4. The second-order valence-electron chi connectivity index (χ2n) is 7.74. The molecular formula is C29H27NO. The van der Waals surface area contributed by atoms with Crippen molar-refractivity contribution in [2.24, 2.45) is 4.99 Å². The highest BCUT2D eigenvalue weighted by molar-refractivity contribution is 5.80. The lowest BCUT2D eigenvalue weighted by Gasteiger charge is -2.14. The molecule has 1 unspecified atom stereocenters. The maximum Gasteiger partial charge on any atom is 0.120 e. The summed E-state index contributed by atoms with van der Waals surface area (Å²) < 4.78 is 5.97. The zero-order chi connectivity index (χ0) is 21.3. The number of hydrogen-bond donors (Lipinski definition) is 0. The van der Waals surface area contributed by atoms with Gasteiger partial charge in [-0.3, -0.25) is 4.99 Å². The van der Waals surface area contributed by atoms with Crippen LogP contribution < -0.4 is 4.74 Å². The molecule has 4 rings (SSSR count). The first kappa shape index (κ1) is 20.6. The van der Waals surface area contributed by atoms with Gasteiger partial charge < -0.3 is 4.74 Å². The minimum absolute atomic E-state index is 0.0674. The Morgan fingerprint density at radius 3 is 2.19 bits per heavy atom. The average molecular weight is 406 g/mol. The van der Waals surface area contributed by atoms with Gasteiger partial charge in [-0.2, -0.15) is 0 Å². The first-order valence-electron chi connectivity index (χ1n) is 10.7. The topological polar surface area (TPSA) is 21.6 Å². The van der Waals surface area contributed by atoms with Gasteiger partial charge in [0.2, 0.25) is 0 Å². The lowest BCUT2D eigenvalue weighted by Crippen LogP contribution is -2.01. The van der Waals surface area contributed by atoms with Crippen molar-refractivity contribution in [3.05, 3.63) is 137 Å². The van der Waals surface area contributed by atoms with E-state index in [4.69, 9.17) is 9.73 Å². The van der Waals surface area contributed by atoms with Crippen molar-refractivity contribution in [2.45, 2.75) is 26.0 Å². The highest BCUT2D eigenvalue weighted by Crippen LogP contribution is 2.23. The molecule has 4 aromatic rings. The van der Waals surface area contributed by atoms with E-state index in [1.165, 1.54) is 16.7 Å². The largest absolute Gasteiger partial charge is 0.489 e. The fourth-order valence-electron chi connectivity index (χ4n) is 3.48. The monoisotopic (exact) mass is 405 g/mol. The van der Waals surface area contributed by atoms with Crippen LogP contribution in [0, 0.1) is 6.92 Å². The number of rotatable bonds is 8. The van der Waals surface area contributed by atoms with Crippen molar-refractivity contribution in [3.63, 3.8) is 0 Å². The molecular weight excluding hydrogens is 378 g/mol. The number of aryl methyl sites for hydroxylation is 1.